The van der Waals surface area contributed by atoms with Crippen LogP contribution in [0.5, 0.6) is 0 Å². The lowest BCUT2D eigenvalue weighted by atomic mass is 10.1. The summed E-state index contributed by atoms with van der Waals surface area (Å²) in [5.41, 5.74) is 10.5. The van der Waals surface area contributed by atoms with E-state index < -0.39 is 0 Å². The zero-order chi connectivity index (χ0) is 18.2. The van der Waals surface area contributed by atoms with Crippen LogP contribution in [0.3, 0.4) is 0 Å². The third-order valence-electron chi connectivity index (χ3n) is 4.09. The largest absolute Gasteiger partial charge is 0.370 e. The second kappa shape index (κ2) is 9.15. The number of guanidine groups is 1. The van der Waals surface area contributed by atoms with E-state index in [0.29, 0.717) is 12.5 Å². The van der Waals surface area contributed by atoms with E-state index in [9.17, 15) is 0 Å². The van der Waals surface area contributed by atoms with E-state index in [1.807, 2.05) is 18.2 Å². The van der Waals surface area contributed by atoms with Crippen molar-refractivity contribution in [2.45, 2.75) is 32.7 Å². The SMILES string of the molecule is CCc1cccc(NC(N)=NCc2csc(CCc3ccccc3)n2)c1. The summed E-state index contributed by atoms with van der Waals surface area (Å²) in [5.74, 6) is 0.414. The number of aliphatic imine (C=N–C) groups is 1. The molecule has 26 heavy (non-hydrogen) atoms. The number of nitrogens with two attached hydrogens (primary N) is 1. The number of thiazole rings is 1. The highest BCUT2D eigenvalue weighted by Gasteiger charge is 2.03. The maximum absolute atomic E-state index is 6.00. The molecule has 0 amide bonds. The molecule has 0 fully saturated rings. The first-order valence-electron chi connectivity index (χ1n) is 8.86. The summed E-state index contributed by atoms with van der Waals surface area (Å²) in [5, 5.41) is 6.35. The molecule has 0 aliphatic carbocycles. The minimum atomic E-state index is 0.414. The van der Waals surface area contributed by atoms with E-state index in [4.69, 9.17) is 5.73 Å². The predicted octanol–water partition coefficient (Wildman–Crippen LogP) is 4.42. The Labute approximate surface area is 158 Å². The number of nitrogens with zero attached hydrogens (tertiary/aromatic N) is 2. The van der Waals surface area contributed by atoms with Crippen molar-refractivity contribution in [1.29, 1.82) is 0 Å². The molecule has 4 nitrogen and oxygen atoms in total. The molecule has 134 valence electrons. The Morgan fingerprint density at radius 2 is 1.88 bits per heavy atom. The normalized spacial score (nSPS) is 11.5. The highest BCUT2D eigenvalue weighted by molar-refractivity contribution is 7.09. The fourth-order valence-electron chi connectivity index (χ4n) is 2.65. The zero-order valence-corrected chi connectivity index (χ0v) is 15.8. The quantitative estimate of drug-likeness (QED) is 0.482. The second-order valence-corrected chi connectivity index (χ2v) is 7.04. The molecule has 1 aromatic heterocycles. The van der Waals surface area contributed by atoms with Crippen molar-refractivity contribution in [3.63, 3.8) is 0 Å². The van der Waals surface area contributed by atoms with E-state index in [1.54, 1.807) is 11.3 Å². The Morgan fingerprint density at radius 1 is 1.08 bits per heavy atom. The van der Waals surface area contributed by atoms with E-state index in [-0.39, 0.29) is 0 Å². The minimum absolute atomic E-state index is 0.414. The van der Waals surface area contributed by atoms with Crippen LogP contribution in [-0.2, 0) is 25.8 Å². The fourth-order valence-corrected chi connectivity index (χ4v) is 3.44. The Bertz CT molecular complexity index is 855. The zero-order valence-electron chi connectivity index (χ0n) is 15.0. The van der Waals surface area contributed by atoms with Crippen molar-refractivity contribution in [3.05, 3.63) is 81.8 Å². The van der Waals surface area contributed by atoms with Crippen LogP contribution in [0.2, 0.25) is 0 Å². The Morgan fingerprint density at radius 3 is 2.69 bits per heavy atom. The van der Waals surface area contributed by atoms with E-state index in [1.165, 1.54) is 11.1 Å². The van der Waals surface area contributed by atoms with Crippen molar-refractivity contribution < 1.29 is 0 Å². The lowest BCUT2D eigenvalue weighted by molar-refractivity contribution is 0.913. The summed E-state index contributed by atoms with van der Waals surface area (Å²) in [6.07, 6.45) is 2.96. The van der Waals surface area contributed by atoms with Crippen LogP contribution in [0.1, 0.15) is 28.8 Å². The standard InChI is InChI=1S/C21H24N4S/c1-2-16-9-6-10-18(13-16)25-21(22)23-14-19-15-26-20(24-19)12-11-17-7-4-3-5-8-17/h3-10,13,15H,2,11-12,14H2,1H3,(H3,22,23,25). The molecule has 0 saturated heterocycles. The van der Waals surface area contributed by atoms with Crippen LogP contribution in [0.25, 0.3) is 0 Å². The number of nitrogens with one attached hydrogen (secondary N) is 1. The first kappa shape index (κ1) is 18.1. The maximum Gasteiger partial charge on any atom is 0.193 e. The highest BCUT2D eigenvalue weighted by atomic mass is 32.1. The Balaban J connectivity index is 1.52. The number of hydrogen-bond donors (Lipinski definition) is 2. The van der Waals surface area contributed by atoms with E-state index in [0.717, 1.165) is 35.7 Å². The summed E-state index contributed by atoms with van der Waals surface area (Å²) in [6, 6.07) is 18.7. The molecule has 0 radical (unpaired) electrons. The van der Waals surface area contributed by atoms with E-state index in [2.05, 4.69) is 64.0 Å². The van der Waals surface area contributed by atoms with Gasteiger partial charge in [0.1, 0.15) is 0 Å². The number of hydrogen-bond acceptors (Lipinski definition) is 3. The average molecular weight is 365 g/mol. The third kappa shape index (κ3) is 5.43. The van der Waals surface area contributed by atoms with Crippen molar-refractivity contribution in [2.75, 3.05) is 5.32 Å². The molecule has 3 N–H and O–H groups in total. The van der Waals surface area contributed by atoms with Gasteiger partial charge in [0, 0.05) is 17.5 Å². The lowest BCUT2D eigenvalue weighted by Gasteiger charge is -2.06. The van der Waals surface area contributed by atoms with Crippen LogP contribution in [0.15, 0.2) is 65.0 Å². The molecule has 3 aromatic rings. The average Bonchev–Trinajstić information content (AvgIpc) is 3.14. The molecule has 0 saturated carbocycles. The van der Waals surface area contributed by atoms with Gasteiger partial charge in [0.2, 0.25) is 0 Å². The van der Waals surface area contributed by atoms with Crippen molar-refractivity contribution in [3.8, 4) is 0 Å². The van der Waals surface area contributed by atoms with Gasteiger partial charge in [-0.05, 0) is 36.1 Å². The van der Waals surface area contributed by atoms with Gasteiger partial charge in [-0.2, -0.15) is 0 Å². The number of aromatic nitrogens is 1. The highest BCUT2D eigenvalue weighted by Crippen LogP contribution is 2.14. The summed E-state index contributed by atoms with van der Waals surface area (Å²) >= 11 is 1.69. The van der Waals surface area contributed by atoms with Gasteiger partial charge in [-0.15, -0.1) is 11.3 Å². The maximum atomic E-state index is 6.00. The molecule has 0 aliphatic rings. The first-order chi connectivity index (χ1) is 12.7. The van der Waals surface area contributed by atoms with Crippen LogP contribution in [0, 0.1) is 0 Å². The molecular formula is C21H24N4S. The molecule has 0 atom stereocenters. The van der Waals surface area contributed by atoms with Crippen LogP contribution >= 0.6 is 11.3 Å². The van der Waals surface area contributed by atoms with Crippen LogP contribution in [0.4, 0.5) is 5.69 Å². The number of anilines is 1. The fraction of sp³-hybridized carbons (Fsp3) is 0.238. The number of aryl methyl sites for hydroxylation is 3. The minimum Gasteiger partial charge on any atom is -0.370 e. The second-order valence-electron chi connectivity index (χ2n) is 6.10. The smallest absolute Gasteiger partial charge is 0.193 e. The molecule has 2 aromatic carbocycles. The monoisotopic (exact) mass is 364 g/mol. The molecule has 0 unspecified atom stereocenters. The molecule has 0 spiro atoms. The van der Waals surface area contributed by atoms with Crippen molar-refractivity contribution in [2.24, 2.45) is 10.7 Å². The molecule has 0 bridgehead atoms. The van der Waals surface area contributed by atoms with Crippen LogP contribution < -0.4 is 11.1 Å². The van der Waals surface area contributed by atoms with Gasteiger partial charge in [0.05, 0.1) is 17.2 Å². The van der Waals surface area contributed by atoms with Gasteiger partial charge >= 0.3 is 0 Å². The molecule has 1 heterocycles. The van der Waals surface area contributed by atoms with E-state index >= 15 is 0 Å². The molecule has 3 rings (SSSR count). The lowest BCUT2D eigenvalue weighted by Crippen LogP contribution is -2.22. The third-order valence-corrected chi connectivity index (χ3v) is 5.05. The number of rotatable bonds is 7. The molecular weight excluding hydrogens is 340 g/mol. The van der Waals surface area contributed by atoms with Gasteiger partial charge in [0.15, 0.2) is 5.96 Å². The predicted molar refractivity (Wildman–Crippen MR) is 111 cm³/mol. The van der Waals surface area contributed by atoms with Gasteiger partial charge in [-0.1, -0.05) is 49.4 Å². The first-order valence-corrected chi connectivity index (χ1v) is 9.74. The summed E-state index contributed by atoms with van der Waals surface area (Å²) in [4.78, 5) is 9.06. The van der Waals surface area contributed by atoms with Crippen molar-refractivity contribution >= 4 is 23.0 Å². The Hall–Kier alpha value is -2.66. The summed E-state index contributed by atoms with van der Waals surface area (Å²) in [6.45, 7) is 2.63. The van der Waals surface area contributed by atoms with Gasteiger partial charge in [0.25, 0.3) is 0 Å². The number of benzene rings is 2. The summed E-state index contributed by atoms with van der Waals surface area (Å²) in [7, 11) is 0. The van der Waals surface area contributed by atoms with Crippen molar-refractivity contribution in [1.82, 2.24) is 4.98 Å². The Kier molecular flexibility index (Phi) is 6.39. The van der Waals surface area contributed by atoms with Gasteiger partial charge in [-0.3, -0.25) is 0 Å². The van der Waals surface area contributed by atoms with Gasteiger partial charge < -0.3 is 11.1 Å². The summed E-state index contributed by atoms with van der Waals surface area (Å²) < 4.78 is 0. The molecule has 0 aliphatic heterocycles. The topological polar surface area (TPSA) is 63.3 Å². The van der Waals surface area contributed by atoms with Gasteiger partial charge in [-0.25, -0.2) is 9.98 Å². The van der Waals surface area contributed by atoms with Crippen LogP contribution in [-0.4, -0.2) is 10.9 Å². The molecule has 5 heteroatoms.